The smallest absolute Gasteiger partial charge is 0.198 e. The number of aliphatic imine (C=N–C) groups is 1. The third kappa shape index (κ3) is 2.91. The highest BCUT2D eigenvalue weighted by Crippen LogP contribution is 2.29. The van der Waals surface area contributed by atoms with E-state index in [9.17, 15) is 5.11 Å². The monoisotopic (exact) mass is 383 g/mol. The Kier molecular flexibility index (Phi) is 4.02. The molecule has 1 saturated heterocycles. The zero-order valence-corrected chi connectivity index (χ0v) is 14.8. The van der Waals surface area contributed by atoms with Crippen LogP contribution in [0.5, 0.6) is 5.88 Å². The lowest BCUT2D eigenvalue weighted by Gasteiger charge is -2.17. The zero-order chi connectivity index (χ0) is 16.5. The van der Waals surface area contributed by atoms with Gasteiger partial charge in [0, 0.05) is 40.4 Å². The number of aromatic amines is 1. The number of halogens is 1. The first kappa shape index (κ1) is 15.3. The fraction of sp³-hybridized carbons (Fsp3) is 0.211. The Bertz CT molecular complexity index is 893. The van der Waals surface area contributed by atoms with Crippen LogP contribution in [0.4, 0.5) is 11.4 Å². The van der Waals surface area contributed by atoms with Crippen molar-refractivity contribution in [1.82, 2.24) is 4.98 Å². The number of hydrogen-bond acceptors (Lipinski definition) is 3. The van der Waals surface area contributed by atoms with Gasteiger partial charge in [-0.25, -0.2) is 0 Å². The second-order valence-electron chi connectivity index (χ2n) is 6.05. The minimum Gasteiger partial charge on any atom is -0.494 e. The molecule has 0 amide bonds. The molecular weight excluding hydrogens is 366 g/mol. The van der Waals surface area contributed by atoms with E-state index in [1.807, 2.05) is 30.3 Å². The summed E-state index contributed by atoms with van der Waals surface area (Å²) in [5, 5.41) is 11.1. The van der Waals surface area contributed by atoms with Crippen molar-refractivity contribution < 1.29 is 5.11 Å². The second-order valence-corrected chi connectivity index (χ2v) is 6.96. The van der Waals surface area contributed by atoms with Crippen LogP contribution in [-0.2, 0) is 0 Å². The Morgan fingerprint density at radius 3 is 2.58 bits per heavy atom. The van der Waals surface area contributed by atoms with Gasteiger partial charge >= 0.3 is 0 Å². The minimum absolute atomic E-state index is 0.139. The van der Waals surface area contributed by atoms with Crippen LogP contribution in [0.25, 0.3) is 10.9 Å². The molecule has 1 aromatic heterocycles. The summed E-state index contributed by atoms with van der Waals surface area (Å²) in [6.07, 6.45) is 4.26. The van der Waals surface area contributed by atoms with Gasteiger partial charge in [0.15, 0.2) is 5.88 Å². The summed E-state index contributed by atoms with van der Waals surface area (Å²) in [5.74, 6) is 0.139. The van der Waals surface area contributed by atoms with Crippen LogP contribution >= 0.6 is 15.9 Å². The van der Waals surface area contributed by atoms with E-state index in [1.165, 1.54) is 18.5 Å². The summed E-state index contributed by atoms with van der Waals surface area (Å²) in [4.78, 5) is 9.89. The molecule has 0 saturated carbocycles. The van der Waals surface area contributed by atoms with Crippen LogP contribution in [0.15, 0.2) is 51.9 Å². The average molecular weight is 384 g/mol. The first-order valence-corrected chi connectivity index (χ1v) is 8.89. The van der Waals surface area contributed by atoms with Crippen LogP contribution in [0.1, 0.15) is 18.4 Å². The molecule has 2 heterocycles. The van der Waals surface area contributed by atoms with Crippen LogP contribution in [0.2, 0.25) is 0 Å². The Balaban J connectivity index is 1.60. The molecule has 0 bridgehead atoms. The molecule has 5 heteroatoms. The molecule has 1 fully saturated rings. The highest BCUT2D eigenvalue weighted by atomic mass is 79.9. The summed E-state index contributed by atoms with van der Waals surface area (Å²) >= 11 is 3.47. The molecule has 4 rings (SSSR count). The lowest BCUT2D eigenvalue weighted by molar-refractivity contribution is 0.457. The molecule has 0 unspecified atom stereocenters. The number of aromatic nitrogens is 1. The SMILES string of the molecule is Oc1[nH]c2ccc(Br)cc2c1C=Nc1ccc(N2CCCC2)cc1. The lowest BCUT2D eigenvalue weighted by atomic mass is 10.2. The first-order chi connectivity index (χ1) is 11.7. The summed E-state index contributed by atoms with van der Waals surface area (Å²) in [6.45, 7) is 2.28. The number of nitrogens with zero attached hydrogens (tertiary/aromatic N) is 2. The number of nitrogens with one attached hydrogen (secondary N) is 1. The van der Waals surface area contributed by atoms with E-state index in [-0.39, 0.29) is 5.88 Å². The number of H-pyrrole nitrogens is 1. The van der Waals surface area contributed by atoms with Gasteiger partial charge in [-0.1, -0.05) is 15.9 Å². The van der Waals surface area contributed by atoms with Gasteiger partial charge in [0.05, 0.1) is 11.3 Å². The number of aromatic hydroxyl groups is 1. The van der Waals surface area contributed by atoms with E-state index in [0.29, 0.717) is 5.56 Å². The quantitative estimate of drug-likeness (QED) is 0.626. The van der Waals surface area contributed by atoms with E-state index in [2.05, 4.69) is 42.9 Å². The van der Waals surface area contributed by atoms with Crippen LogP contribution in [0, 0.1) is 0 Å². The number of benzene rings is 2. The van der Waals surface area contributed by atoms with Crippen molar-refractivity contribution >= 4 is 44.4 Å². The molecule has 24 heavy (non-hydrogen) atoms. The predicted octanol–water partition coefficient (Wildman–Crippen LogP) is 4.99. The fourth-order valence-corrected chi connectivity index (χ4v) is 3.53. The number of fused-ring (bicyclic) bond motifs is 1. The maximum Gasteiger partial charge on any atom is 0.198 e. The van der Waals surface area contributed by atoms with Crippen molar-refractivity contribution in [3.8, 4) is 5.88 Å². The van der Waals surface area contributed by atoms with Crippen molar-refractivity contribution in [3.05, 3.63) is 52.5 Å². The Morgan fingerprint density at radius 2 is 1.83 bits per heavy atom. The van der Waals surface area contributed by atoms with Gasteiger partial charge in [-0.05, 0) is 55.3 Å². The Labute approximate surface area is 149 Å². The molecule has 0 spiro atoms. The molecule has 2 aromatic carbocycles. The highest BCUT2D eigenvalue weighted by Gasteiger charge is 2.12. The van der Waals surface area contributed by atoms with Gasteiger partial charge in [-0.15, -0.1) is 0 Å². The predicted molar refractivity (Wildman–Crippen MR) is 103 cm³/mol. The van der Waals surface area contributed by atoms with E-state index in [1.54, 1.807) is 6.21 Å². The van der Waals surface area contributed by atoms with Crippen molar-refractivity contribution in [1.29, 1.82) is 0 Å². The number of anilines is 1. The average Bonchev–Trinajstić information content (AvgIpc) is 3.21. The van der Waals surface area contributed by atoms with Gasteiger partial charge in [0.25, 0.3) is 0 Å². The second kappa shape index (κ2) is 6.32. The molecular formula is C19H18BrN3O. The van der Waals surface area contributed by atoms with Gasteiger partial charge in [-0.3, -0.25) is 4.99 Å². The number of rotatable bonds is 3. The first-order valence-electron chi connectivity index (χ1n) is 8.10. The van der Waals surface area contributed by atoms with Crippen LogP contribution in [0.3, 0.4) is 0 Å². The largest absolute Gasteiger partial charge is 0.494 e. The normalized spacial score (nSPS) is 15.0. The Hall–Kier alpha value is -2.27. The standard InChI is InChI=1S/C19H18BrN3O/c20-13-3-8-18-16(11-13)17(19(24)22-18)12-21-14-4-6-15(7-5-14)23-9-1-2-10-23/h3-8,11-12,22,24H,1-2,9-10H2. The van der Waals surface area contributed by atoms with Gasteiger partial charge in [0.2, 0.25) is 0 Å². The van der Waals surface area contributed by atoms with E-state index < -0.39 is 0 Å². The van der Waals surface area contributed by atoms with Crippen molar-refractivity contribution in [2.24, 2.45) is 4.99 Å². The third-order valence-electron chi connectivity index (χ3n) is 4.44. The molecule has 0 radical (unpaired) electrons. The topological polar surface area (TPSA) is 51.6 Å². The highest BCUT2D eigenvalue weighted by molar-refractivity contribution is 9.10. The minimum atomic E-state index is 0.139. The van der Waals surface area contributed by atoms with Crippen molar-refractivity contribution in [2.45, 2.75) is 12.8 Å². The summed E-state index contributed by atoms with van der Waals surface area (Å²) in [6, 6.07) is 14.1. The van der Waals surface area contributed by atoms with Gasteiger partial charge in [0.1, 0.15) is 0 Å². The van der Waals surface area contributed by atoms with E-state index in [0.717, 1.165) is 34.2 Å². The van der Waals surface area contributed by atoms with Gasteiger partial charge < -0.3 is 15.0 Å². The molecule has 0 atom stereocenters. The maximum absolute atomic E-state index is 10.1. The molecule has 122 valence electrons. The summed E-state index contributed by atoms with van der Waals surface area (Å²) in [7, 11) is 0. The van der Waals surface area contributed by atoms with Crippen molar-refractivity contribution in [3.63, 3.8) is 0 Å². The molecule has 2 N–H and O–H groups in total. The van der Waals surface area contributed by atoms with Crippen LogP contribution < -0.4 is 4.90 Å². The van der Waals surface area contributed by atoms with Crippen molar-refractivity contribution in [2.75, 3.05) is 18.0 Å². The lowest BCUT2D eigenvalue weighted by Crippen LogP contribution is -2.17. The van der Waals surface area contributed by atoms with E-state index in [4.69, 9.17) is 0 Å². The molecule has 4 nitrogen and oxygen atoms in total. The van der Waals surface area contributed by atoms with E-state index >= 15 is 0 Å². The molecule has 1 aliphatic rings. The molecule has 0 aliphatic carbocycles. The van der Waals surface area contributed by atoms with Crippen LogP contribution in [-0.4, -0.2) is 29.4 Å². The van der Waals surface area contributed by atoms with Gasteiger partial charge in [-0.2, -0.15) is 0 Å². The zero-order valence-electron chi connectivity index (χ0n) is 13.2. The third-order valence-corrected chi connectivity index (χ3v) is 4.94. The maximum atomic E-state index is 10.1. The number of hydrogen-bond donors (Lipinski definition) is 2. The summed E-state index contributed by atoms with van der Waals surface area (Å²) in [5.41, 5.74) is 3.73. The molecule has 1 aliphatic heterocycles. The molecule has 3 aromatic rings. The Morgan fingerprint density at radius 1 is 1.08 bits per heavy atom. The summed E-state index contributed by atoms with van der Waals surface area (Å²) < 4.78 is 0.971. The fourth-order valence-electron chi connectivity index (χ4n) is 3.17.